The second kappa shape index (κ2) is 5.44. The van der Waals surface area contributed by atoms with E-state index in [0.29, 0.717) is 18.5 Å². The number of aryl methyl sites for hydroxylation is 1. The first-order valence-electron chi connectivity index (χ1n) is 5.67. The van der Waals surface area contributed by atoms with Gasteiger partial charge in [-0.3, -0.25) is 9.48 Å². The van der Waals surface area contributed by atoms with Crippen LogP contribution in [-0.4, -0.2) is 27.9 Å². The molecule has 0 saturated carbocycles. The van der Waals surface area contributed by atoms with Crippen molar-refractivity contribution in [3.8, 4) is 5.75 Å². The van der Waals surface area contributed by atoms with Crippen LogP contribution >= 0.6 is 0 Å². The van der Waals surface area contributed by atoms with Gasteiger partial charge in [-0.25, -0.2) is 0 Å². The number of methoxy groups -OCH3 is 1. The molecule has 0 aliphatic carbocycles. The quantitative estimate of drug-likeness (QED) is 0.793. The van der Waals surface area contributed by atoms with Gasteiger partial charge in [0.25, 0.3) is 0 Å². The molecule has 5 nitrogen and oxygen atoms in total. The Morgan fingerprint density at radius 1 is 1.39 bits per heavy atom. The molecule has 0 aliphatic heterocycles. The van der Waals surface area contributed by atoms with Crippen LogP contribution in [0.3, 0.4) is 0 Å². The van der Waals surface area contributed by atoms with E-state index in [1.54, 1.807) is 25.0 Å². The van der Waals surface area contributed by atoms with Crippen LogP contribution in [0.1, 0.15) is 11.3 Å². The SMILES string of the molecule is COc1cccc(CC(=O)Cc2cn(C)nn2)c1. The lowest BCUT2D eigenvalue weighted by Crippen LogP contribution is -2.07. The molecule has 2 aromatic rings. The topological polar surface area (TPSA) is 57.0 Å². The van der Waals surface area contributed by atoms with E-state index in [0.717, 1.165) is 11.3 Å². The number of ketones is 1. The molecule has 5 heteroatoms. The number of Topliss-reactive ketones (excluding diaryl/α,β-unsaturated/α-hetero) is 1. The van der Waals surface area contributed by atoms with Crippen LogP contribution in [0.25, 0.3) is 0 Å². The molecule has 0 bridgehead atoms. The molecule has 0 amide bonds. The summed E-state index contributed by atoms with van der Waals surface area (Å²) in [5, 5.41) is 7.70. The Hall–Kier alpha value is -2.17. The van der Waals surface area contributed by atoms with Gasteiger partial charge in [0.1, 0.15) is 11.5 Å². The van der Waals surface area contributed by atoms with Crippen molar-refractivity contribution in [3.05, 3.63) is 41.7 Å². The van der Waals surface area contributed by atoms with Crippen molar-refractivity contribution < 1.29 is 9.53 Å². The summed E-state index contributed by atoms with van der Waals surface area (Å²) in [4.78, 5) is 11.9. The van der Waals surface area contributed by atoms with Crippen molar-refractivity contribution in [2.45, 2.75) is 12.8 Å². The van der Waals surface area contributed by atoms with Gasteiger partial charge in [0.05, 0.1) is 19.2 Å². The van der Waals surface area contributed by atoms with Crippen molar-refractivity contribution in [2.24, 2.45) is 7.05 Å². The van der Waals surface area contributed by atoms with Crippen molar-refractivity contribution in [1.82, 2.24) is 15.0 Å². The van der Waals surface area contributed by atoms with Gasteiger partial charge in [-0.05, 0) is 17.7 Å². The zero-order chi connectivity index (χ0) is 13.0. The first-order chi connectivity index (χ1) is 8.67. The predicted molar refractivity (Wildman–Crippen MR) is 66.4 cm³/mol. The number of hydrogen-bond acceptors (Lipinski definition) is 4. The zero-order valence-corrected chi connectivity index (χ0v) is 10.5. The molecule has 1 aromatic heterocycles. The molecule has 18 heavy (non-hydrogen) atoms. The molecule has 0 spiro atoms. The molecule has 0 atom stereocenters. The summed E-state index contributed by atoms with van der Waals surface area (Å²) in [5.41, 5.74) is 1.65. The van der Waals surface area contributed by atoms with E-state index < -0.39 is 0 Å². The van der Waals surface area contributed by atoms with E-state index in [2.05, 4.69) is 10.3 Å². The van der Waals surface area contributed by atoms with Gasteiger partial charge in [-0.1, -0.05) is 17.3 Å². The lowest BCUT2D eigenvalue weighted by molar-refractivity contribution is -0.117. The molecule has 1 aromatic carbocycles. The summed E-state index contributed by atoms with van der Waals surface area (Å²) in [5.74, 6) is 0.878. The smallest absolute Gasteiger partial charge is 0.143 e. The fraction of sp³-hybridized carbons (Fsp3) is 0.308. The summed E-state index contributed by atoms with van der Waals surface area (Å²) >= 11 is 0. The number of carbonyl (C=O) groups excluding carboxylic acids is 1. The first kappa shape index (κ1) is 12.3. The molecule has 0 aliphatic rings. The maximum Gasteiger partial charge on any atom is 0.143 e. The molecule has 0 unspecified atom stereocenters. The minimum Gasteiger partial charge on any atom is -0.497 e. The Labute approximate surface area is 105 Å². The Bertz CT molecular complexity index is 549. The Balaban J connectivity index is 1.98. The maximum absolute atomic E-state index is 11.9. The third kappa shape index (κ3) is 3.16. The van der Waals surface area contributed by atoms with Gasteiger partial charge in [0, 0.05) is 19.7 Å². The van der Waals surface area contributed by atoms with Gasteiger partial charge < -0.3 is 4.74 Å². The van der Waals surface area contributed by atoms with E-state index in [9.17, 15) is 4.79 Å². The highest BCUT2D eigenvalue weighted by molar-refractivity contribution is 5.82. The second-order valence-corrected chi connectivity index (χ2v) is 4.13. The minimum absolute atomic E-state index is 0.115. The molecule has 0 fully saturated rings. The summed E-state index contributed by atoms with van der Waals surface area (Å²) in [6.45, 7) is 0. The molecule has 0 radical (unpaired) electrons. The van der Waals surface area contributed by atoms with Crippen LogP contribution in [0.5, 0.6) is 5.75 Å². The lowest BCUT2D eigenvalue weighted by Gasteiger charge is -2.03. The van der Waals surface area contributed by atoms with Gasteiger partial charge in [-0.2, -0.15) is 0 Å². The molecule has 94 valence electrons. The normalized spacial score (nSPS) is 10.3. The average molecular weight is 245 g/mol. The highest BCUT2D eigenvalue weighted by Crippen LogP contribution is 2.13. The van der Waals surface area contributed by atoms with Crippen LogP contribution < -0.4 is 4.74 Å². The molecule has 2 rings (SSSR count). The molecular formula is C13H15N3O2. The summed E-state index contributed by atoms with van der Waals surface area (Å²) in [6.07, 6.45) is 2.45. The number of carbonyl (C=O) groups is 1. The minimum atomic E-state index is 0.115. The van der Waals surface area contributed by atoms with E-state index in [-0.39, 0.29) is 5.78 Å². The fourth-order valence-corrected chi connectivity index (χ4v) is 1.75. The Morgan fingerprint density at radius 3 is 2.89 bits per heavy atom. The van der Waals surface area contributed by atoms with Gasteiger partial charge in [0.2, 0.25) is 0 Å². The van der Waals surface area contributed by atoms with Crippen LogP contribution in [-0.2, 0) is 24.7 Å². The number of aromatic nitrogens is 3. The number of benzene rings is 1. The van der Waals surface area contributed by atoms with Crippen LogP contribution in [0.2, 0.25) is 0 Å². The first-order valence-corrected chi connectivity index (χ1v) is 5.67. The standard InChI is InChI=1S/C13H15N3O2/c1-16-9-11(14-15-16)8-12(17)6-10-4-3-5-13(7-10)18-2/h3-5,7,9H,6,8H2,1-2H3. The van der Waals surface area contributed by atoms with Crippen molar-refractivity contribution in [1.29, 1.82) is 0 Å². The van der Waals surface area contributed by atoms with E-state index >= 15 is 0 Å². The number of hydrogen-bond donors (Lipinski definition) is 0. The number of ether oxygens (including phenoxy) is 1. The second-order valence-electron chi connectivity index (χ2n) is 4.13. The molecule has 1 heterocycles. The summed E-state index contributed by atoms with van der Waals surface area (Å²) < 4.78 is 6.71. The van der Waals surface area contributed by atoms with Crippen LogP contribution in [0.15, 0.2) is 30.5 Å². The third-order valence-electron chi connectivity index (χ3n) is 2.56. The largest absolute Gasteiger partial charge is 0.497 e. The molecule has 0 saturated heterocycles. The Kier molecular flexibility index (Phi) is 3.72. The van der Waals surface area contributed by atoms with Crippen molar-refractivity contribution in [2.75, 3.05) is 7.11 Å². The highest BCUT2D eigenvalue weighted by atomic mass is 16.5. The van der Waals surface area contributed by atoms with Gasteiger partial charge in [-0.15, -0.1) is 5.10 Å². The maximum atomic E-state index is 11.9. The van der Waals surface area contributed by atoms with Gasteiger partial charge in [0.15, 0.2) is 0 Å². The third-order valence-corrected chi connectivity index (χ3v) is 2.56. The van der Waals surface area contributed by atoms with E-state index in [1.165, 1.54) is 0 Å². The van der Waals surface area contributed by atoms with Gasteiger partial charge >= 0.3 is 0 Å². The number of nitrogens with zero attached hydrogens (tertiary/aromatic N) is 3. The van der Waals surface area contributed by atoms with E-state index in [4.69, 9.17) is 4.74 Å². The average Bonchev–Trinajstić information content (AvgIpc) is 2.74. The number of rotatable bonds is 5. The highest BCUT2D eigenvalue weighted by Gasteiger charge is 2.08. The van der Waals surface area contributed by atoms with Crippen molar-refractivity contribution >= 4 is 5.78 Å². The van der Waals surface area contributed by atoms with Crippen molar-refractivity contribution in [3.63, 3.8) is 0 Å². The summed E-state index contributed by atoms with van der Waals surface area (Å²) in [6, 6.07) is 7.52. The lowest BCUT2D eigenvalue weighted by atomic mass is 10.1. The van der Waals surface area contributed by atoms with Crippen LogP contribution in [0, 0.1) is 0 Å². The molecular weight excluding hydrogens is 230 g/mol. The molecule has 0 N–H and O–H groups in total. The summed E-state index contributed by atoms with van der Waals surface area (Å²) in [7, 11) is 3.39. The fourth-order valence-electron chi connectivity index (χ4n) is 1.75. The Morgan fingerprint density at radius 2 is 2.22 bits per heavy atom. The van der Waals surface area contributed by atoms with E-state index in [1.807, 2.05) is 24.3 Å². The predicted octanol–water partition coefficient (Wildman–Crippen LogP) is 1.18. The monoisotopic (exact) mass is 245 g/mol. The van der Waals surface area contributed by atoms with Crippen LogP contribution in [0.4, 0.5) is 0 Å². The zero-order valence-electron chi connectivity index (χ0n) is 10.5.